The van der Waals surface area contributed by atoms with E-state index in [1.807, 2.05) is 30.3 Å². The normalized spacial score (nSPS) is 11.6. The van der Waals surface area contributed by atoms with E-state index < -0.39 is 0 Å². The Bertz CT molecular complexity index is 1670. The van der Waals surface area contributed by atoms with E-state index >= 15 is 0 Å². The van der Waals surface area contributed by atoms with Crippen molar-refractivity contribution in [3.8, 4) is 22.3 Å². The first-order valence-corrected chi connectivity index (χ1v) is 11.0. The zero-order valence-corrected chi connectivity index (χ0v) is 18.1. The maximum atomic E-state index is 11.0. The number of hydrogen-bond acceptors (Lipinski definition) is 4. The van der Waals surface area contributed by atoms with E-state index in [9.17, 15) is 10.1 Å². The van der Waals surface area contributed by atoms with Crippen LogP contribution in [-0.4, -0.2) is 4.92 Å². The van der Waals surface area contributed by atoms with Gasteiger partial charge < -0.3 is 8.83 Å². The Morgan fingerprint density at radius 3 is 2.32 bits per heavy atom. The molecule has 0 fully saturated rings. The van der Waals surface area contributed by atoms with Gasteiger partial charge in [0.05, 0.1) is 23.0 Å². The Hall–Kier alpha value is -4.64. The van der Waals surface area contributed by atoms with Crippen molar-refractivity contribution >= 4 is 27.6 Å². The van der Waals surface area contributed by atoms with Gasteiger partial charge in [-0.2, -0.15) is 0 Å². The smallest absolute Gasteiger partial charge is 0.277 e. The van der Waals surface area contributed by atoms with Crippen LogP contribution in [0.2, 0.25) is 0 Å². The van der Waals surface area contributed by atoms with E-state index in [0.717, 1.165) is 28.5 Å². The molecule has 1 aliphatic rings. The van der Waals surface area contributed by atoms with Gasteiger partial charge in [0, 0.05) is 28.8 Å². The van der Waals surface area contributed by atoms with Crippen LogP contribution in [0.15, 0.2) is 112 Å². The molecule has 0 spiro atoms. The largest absolute Gasteiger partial charge is 0.464 e. The molecule has 2 aromatic heterocycles. The average Bonchev–Trinajstić information content (AvgIpc) is 3.61. The van der Waals surface area contributed by atoms with Crippen molar-refractivity contribution < 1.29 is 13.8 Å². The first-order valence-electron chi connectivity index (χ1n) is 11.0. The molecule has 2 heterocycles. The third kappa shape index (κ3) is 3.35. The van der Waals surface area contributed by atoms with Gasteiger partial charge in [-0.05, 0) is 46.5 Å². The molecule has 0 aliphatic heterocycles. The molecule has 7 rings (SSSR count). The van der Waals surface area contributed by atoms with Gasteiger partial charge in [0.25, 0.3) is 5.69 Å². The molecule has 5 heteroatoms. The maximum Gasteiger partial charge on any atom is 0.277 e. The number of nitrogens with zero attached hydrogens (tertiary/aromatic N) is 1. The first-order chi connectivity index (χ1) is 16.7. The number of hydrogen-bond donors (Lipinski definition) is 0. The Kier molecular flexibility index (Phi) is 4.73. The summed E-state index contributed by atoms with van der Waals surface area (Å²) in [4.78, 5) is 10.6. The van der Waals surface area contributed by atoms with Crippen LogP contribution in [-0.2, 0) is 6.42 Å². The fraction of sp³-hybridized carbons (Fsp3) is 0.0345. The van der Waals surface area contributed by atoms with E-state index in [1.54, 1.807) is 30.7 Å². The molecule has 0 saturated carbocycles. The quantitative estimate of drug-likeness (QED) is 0.200. The topological polar surface area (TPSA) is 69.4 Å². The molecular formula is C29H19NO4. The summed E-state index contributed by atoms with van der Waals surface area (Å²) in [7, 11) is 0. The van der Waals surface area contributed by atoms with Crippen LogP contribution >= 0.6 is 0 Å². The number of furan rings is 2. The van der Waals surface area contributed by atoms with Crippen molar-refractivity contribution in [3.63, 3.8) is 0 Å². The fourth-order valence-electron chi connectivity index (χ4n) is 4.65. The summed E-state index contributed by atoms with van der Waals surface area (Å²) in [5.74, 6) is 0. The second kappa shape index (κ2) is 8.05. The molecule has 0 unspecified atom stereocenters. The molecule has 0 amide bonds. The number of benzene rings is 4. The molecule has 34 heavy (non-hydrogen) atoms. The first kappa shape index (κ1) is 20.0. The molecule has 6 aromatic rings. The lowest BCUT2D eigenvalue weighted by Gasteiger charge is -2.02. The van der Waals surface area contributed by atoms with E-state index in [4.69, 9.17) is 8.83 Å². The summed E-state index contributed by atoms with van der Waals surface area (Å²) >= 11 is 0. The third-order valence-electron chi connectivity index (χ3n) is 6.27. The van der Waals surface area contributed by atoms with Gasteiger partial charge in [0.1, 0.15) is 11.2 Å². The molecule has 0 saturated heterocycles. The molecule has 0 radical (unpaired) electrons. The summed E-state index contributed by atoms with van der Waals surface area (Å²) in [5.41, 5.74) is 8.69. The van der Waals surface area contributed by atoms with Crippen LogP contribution in [0.25, 0.3) is 44.2 Å². The van der Waals surface area contributed by atoms with Gasteiger partial charge in [-0.1, -0.05) is 60.7 Å². The molecule has 5 nitrogen and oxygen atoms in total. The fourth-order valence-corrected chi connectivity index (χ4v) is 4.65. The lowest BCUT2D eigenvalue weighted by Crippen LogP contribution is -1.91. The SMILES string of the molecule is O=[N+]([O-])c1ccccc1-c1ccc2ccoc2c1.c1ccc2c(c1)Cc1c-2ccc2ccoc12. The zero-order valence-electron chi connectivity index (χ0n) is 18.1. The summed E-state index contributed by atoms with van der Waals surface area (Å²) in [6, 6.07) is 29.1. The highest BCUT2D eigenvalue weighted by Crippen LogP contribution is 2.40. The average molecular weight is 445 g/mol. The maximum absolute atomic E-state index is 11.0. The van der Waals surface area contributed by atoms with E-state index in [0.29, 0.717) is 5.56 Å². The van der Waals surface area contributed by atoms with Crippen molar-refractivity contribution in [2.45, 2.75) is 6.42 Å². The van der Waals surface area contributed by atoms with Crippen LogP contribution in [0.5, 0.6) is 0 Å². The van der Waals surface area contributed by atoms with Crippen molar-refractivity contribution in [1.82, 2.24) is 0 Å². The molecule has 0 bridgehead atoms. The van der Waals surface area contributed by atoms with E-state index in [1.165, 1.54) is 33.7 Å². The summed E-state index contributed by atoms with van der Waals surface area (Å²) in [5, 5.41) is 13.2. The van der Waals surface area contributed by atoms with E-state index in [2.05, 4.69) is 36.4 Å². The Balaban J connectivity index is 0.000000128. The van der Waals surface area contributed by atoms with Gasteiger partial charge in [0.2, 0.25) is 0 Å². The summed E-state index contributed by atoms with van der Waals surface area (Å²) in [6.07, 6.45) is 4.37. The standard InChI is InChI=1S/C15H10O.C14H9NO3/c1-2-4-12-11(3-1)9-14-13(12)6-5-10-7-8-16-15(10)14;16-15(17)13-4-2-1-3-12(13)11-6-5-10-7-8-18-14(10)9-11/h1-8H,9H2;1-9H. The minimum absolute atomic E-state index is 0.100. The lowest BCUT2D eigenvalue weighted by atomic mass is 10.0. The number of rotatable bonds is 2. The Morgan fingerprint density at radius 1 is 0.706 bits per heavy atom. The number of nitro groups is 1. The minimum atomic E-state index is -0.373. The second-order valence-electron chi connectivity index (χ2n) is 8.21. The van der Waals surface area contributed by atoms with Crippen LogP contribution < -0.4 is 0 Å². The predicted octanol–water partition coefficient (Wildman–Crippen LogP) is 8.01. The Morgan fingerprint density at radius 2 is 1.44 bits per heavy atom. The van der Waals surface area contributed by atoms with Crippen molar-refractivity contribution in [3.05, 3.63) is 125 Å². The van der Waals surface area contributed by atoms with Gasteiger partial charge in [-0.15, -0.1) is 0 Å². The van der Waals surface area contributed by atoms with E-state index in [-0.39, 0.29) is 10.6 Å². The third-order valence-corrected chi connectivity index (χ3v) is 6.27. The Labute approximate surface area is 195 Å². The van der Waals surface area contributed by atoms with Crippen LogP contribution in [0.1, 0.15) is 11.1 Å². The molecular weight excluding hydrogens is 426 g/mol. The monoisotopic (exact) mass is 445 g/mol. The van der Waals surface area contributed by atoms with Crippen LogP contribution in [0, 0.1) is 10.1 Å². The highest BCUT2D eigenvalue weighted by molar-refractivity contribution is 5.91. The highest BCUT2D eigenvalue weighted by Gasteiger charge is 2.21. The van der Waals surface area contributed by atoms with Gasteiger partial charge in [0.15, 0.2) is 0 Å². The van der Waals surface area contributed by atoms with Crippen molar-refractivity contribution in [1.29, 1.82) is 0 Å². The predicted molar refractivity (Wildman–Crippen MR) is 133 cm³/mol. The molecule has 164 valence electrons. The molecule has 0 atom stereocenters. The van der Waals surface area contributed by atoms with Gasteiger partial charge in [-0.25, -0.2) is 0 Å². The van der Waals surface area contributed by atoms with Crippen LogP contribution in [0.3, 0.4) is 0 Å². The van der Waals surface area contributed by atoms with Crippen molar-refractivity contribution in [2.75, 3.05) is 0 Å². The number of para-hydroxylation sites is 1. The van der Waals surface area contributed by atoms with Crippen LogP contribution in [0.4, 0.5) is 5.69 Å². The summed E-state index contributed by atoms with van der Waals surface area (Å²) in [6.45, 7) is 0. The molecule has 1 aliphatic carbocycles. The minimum Gasteiger partial charge on any atom is -0.464 e. The lowest BCUT2D eigenvalue weighted by molar-refractivity contribution is -0.384. The molecule has 4 aromatic carbocycles. The highest BCUT2D eigenvalue weighted by atomic mass is 16.6. The zero-order chi connectivity index (χ0) is 23.1. The van der Waals surface area contributed by atoms with Gasteiger partial charge in [-0.3, -0.25) is 10.1 Å². The number of nitro benzene ring substituents is 1. The van der Waals surface area contributed by atoms with Crippen molar-refractivity contribution in [2.24, 2.45) is 0 Å². The number of fused-ring (bicyclic) bond motifs is 6. The van der Waals surface area contributed by atoms with Gasteiger partial charge >= 0.3 is 0 Å². The summed E-state index contributed by atoms with van der Waals surface area (Å²) < 4.78 is 10.9. The second-order valence-corrected chi connectivity index (χ2v) is 8.21. The molecule has 0 N–H and O–H groups in total.